The van der Waals surface area contributed by atoms with Crippen molar-refractivity contribution in [3.63, 3.8) is 0 Å². The van der Waals surface area contributed by atoms with Crippen molar-refractivity contribution in [3.05, 3.63) is 53.9 Å². The van der Waals surface area contributed by atoms with E-state index in [1.165, 1.54) is 18.4 Å². The average molecular weight is 285 g/mol. The predicted molar refractivity (Wildman–Crippen MR) is 81.9 cm³/mol. The van der Waals surface area contributed by atoms with E-state index in [1.807, 2.05) is 24.3 Å². The maximum atomic E-state index is 8.78. The minimum absolute atomic E-state index is 0.00744. The summed E-state index contributed by atoms with van der Waals surface area (Å²) in [7, 11) is 0. The lowest BCUT2D eigenvalue weighted by Crippen LogP contribution is -2.14. The molecule has 0 fully saturated rings. The van der Waals surface area contributed by atoms with Gasteiger partial charge >= 0.3 is 0 Å². The van der Waals surface area contributed by atoms with E-state index in [1.54, 1.807) is 18.5 Å². The number of aryl methyl sites for hydroxylation is 1. The molecule has 2 rings (SSSR count). The highest BCUT2D eigenvalue weighted by Gasteiger charge is 2.09. The summed E-state index contributed by atoms with van der Waals surface area (Å²) in [5, 5.41) is 11.8. The van der Waals surface area contributed by atoms with Crippen molar-refractivity contribution in [2.75, 3.05) is 0 Å². The maximum absolute atomic E-state index is 8.78. The lowest BCUT2D eigenvalue weighted by atomic mass is 10.1. The zero-order chi connectivity index (χ0) is 15.1. The average Bonchev–Trinajstić information content (AvgIpc) is 2.54. The van der Waals surface area contributed by atoms with Crippen molar-refractivity contribution in [2.24, 2.45) is 10.9 Å². The summed E-state index contributed by atoms with van der Waals surface area (Å²) in [6.07, 6.45) is 6.53. The molecular formula is C16H19N3O2. The van der Waals surface area contributed by atoms with Gasteiger partial charge in [-0.2, -0.15) is 0 Å². The Morgan fingerprint density at radius 2 is 2.05 bits per heavy atom. The summed E-state index contributed by atoms with van der Waals surface area (Å²) in [6.45, 7) is 2.18. The Kier molecular flexibility index (Phi) is 5.15. The third kappa shape index (κ3) is 3.95. The molecule has 1 aromatic carbocycles. The Labute approximate surface area is 124 Å². The maximum Gasteiger partial charge on any atom is 0.173 e. The van der Waals surface area contributed by atoms with Crippen LogP contribution in [-0.4, -0.2) is 16.0 Å². The van der Waals surface area contributed by atoms with E-state index in [0.717, 1.165) is 6.42 Å². The summed E-state index contributed by atoms with van der Waals surface area (Å²) in [5.74, 6) is 1.14. The van der Waals surface area contributed by atoms with Crippen molar-refractivity contribution in [1.29, 1.82) is 0 Å². The summed E-state index contributed by atoms with van der Waals surface area (Å²) >= 11 is 0. The van der Waals surface area contributed by atoms with Crippen LogP contribution in [0.4, 0.5) is 0 Å². The van der Waals surface area contributed by atoms with E-state index in [4.69, 9.17) is 15.7 Å². The third-order valence-corrected chi connectivity index (χ3v) is 3.14. The van der Waals surface area contributed by atoms with Gasteiger partial charge < -0.3 is 15.7 Å². The van der Waals surface area contributed by atoms with E-state index in [9.17, 15) is 0 Å². The van der Waals surface area contributed by atoms with Crippen LogP contribution in [0.25, 0.3) is 0 Å². The van der Waals surface area contributed by atoms with Gasteiger partial charge in [-0.1, -0.05) is 30.6 Å². The summed E-state index contributed by atoms with van der Waals surface area (Å²) < 4.78 is 5.76. The van der Waals surface area contributed by atoms with Crippen LogP contribution in [0.5, 0.6) is 11.5 Å². The van der Waals surface area contributed by atoms with Crippen molar-refractivity contribution in [1.82, 2.24) is 4.98 Å². The molecule has 0 unspecified atom stereocenters. The number of amidine groups is 1. The standard InChI is InChI=1S/C16H19N3O2/c1-2-3-4-12-5-7-13(8-6-12)21-15-11-18-10-9-14(15)16(17)19-20/h5-11,20H,2-4H2,1H3,(H2,17,19). The first-order valence-electron chi connectivity index (χ1n) is 6.93. The summed E-state index contributed by atoms with van der Waals surface area (Å²) in [5.41, 5.74) is 7.41. The molecule has 0 spiro atoms. The highest BCUT2D eigenvalue weighted by atomic mass is 16.5. The fourth-order valence-electron chi connectivity index (χ4n) is 1.96. The molecule has 1 heterocycles. The van der Waals surface area contributed by atoms with Crippen LogP contribution in [0, 0.1) is 0 Å². The number of benzene rings is 1. The minimum Gasteiger partial charge on any atom is -0.455 e. The van der Waals surface area contributed by atoms with Gasteiger partial charge in [-0.3, -0.25) is 4.98 Å². The van der Waals surface area contributed by atoms with Gasteiger partial charge in [-0.25, -0.2) is 0 Å². The van der Waals surface area contributed by atoms with Crippen LogP contribution in [0.2, 0.25) is 0 Å². The lowest BCUT2D eigenvalue weighted by molar-refractivity contribution is 0.318. The molecule has 0 saturated carbocycles. The Morgan fingerprint density at radius 1 is 1.29 bits per heavy atom. The van der Waals surface area contributed by atoms with Crippen LogP contribution >= 0.6 is 0 Å². The Balaban J connectivity index is 2.15. The van der Waals surface area contributed by atoms with E-state index in [0.29, 0.717) is 17.1 Å². The Hall–Kier alpha value is -2.56. The molecule has 0 saturated heterocycles. The highest BCUT2D eigenvalue weighted by molar-refractivity contribution is 5.99. The molecule has 110 valence electrons. The van der Waals surface area contributed by atoms with Gasteiger partial charge in [0.25, 0.3) is 0 Å². The van der Waals surface area contributed by atoms with Crippen LogP contribution in [0.3, 0.4) is 0 Å². The largest absolute Gasteiger partial charge is 0.455 e. The monoisotopic (exact) mass is 285 g/mol. The number of hydrogen-bond acceptors (Lipinski definition) is 4. The number of hydrogen-bond donors (Lipinski definition) is 2. The SMILES string of the molecule is CCCCc1ccc(Oc2cnccc2/C(N)=N/O)cc1. The van der Waals surface area contributed by atoms with Crippen molar-refractivity contribution >= 4 is 5.84 Å². The molecule has 0 aliphatic carbocycles. The van der Waals surface area contributed by atoms with E-state index < -0.39 is 0 Å². The molecule has 1 aromatic heterocycles. The molecule has 0 radical (unpaired) electrons. The van der Waals surface area contributed by atoms with Gasteiger partial charge in [-0.15, -0.1) is 0 Å². The first-order chi connectivity index (χ1) is 10.2. The van der Waals surface area contributed by atoms with Crippen molar-refractivity contribution < 1.29 is 9.94 Å². The van der Waals surface area contributed by atoms with Gasteiger partial charge in [0, 0.05) is 6.20 Å². The molecule has 21 heavy (non-hydrogen) atoms. The number of rotatable bonds is 6. The fraction of sp³-hybridized carbons (Fsp3) is 0.250. The predicted octanol–water partition coefficient (Wildman–Crippen LogP) is 3.31. The zero-order valence-corrected chi connectivity index (χ0v) is 12.0. The summed E-state index contributed by atoms with van der Waals surface area (Å²) in [6, 6.07) is 9.55. The zero-order valence-electron chi connectivity index (χ0n) is 12.0. The summed E-state index contributed by atoms with van der Waals surface area (Å²) in [4.78, 5) is 4.00. The number of nitrogens with two attached hydrogens (primary N) is 1. The molecule has 0 bridgehead atoms. The number of unbranched alkanes of at least 4 members (excludes halogenated alkanes) is 1. The van der Waals surface area contributed by atoms with Crippen LogP contribution in [0.1, 0.15) is 30.9 Å². The molecule has 3 N–H and O–H groups in total. The van der Waals surface area contributed by atoms with Gasteiger partial charge in [0.1, 0.15) is 5.75 Å². The van der Waals surface area contributed by atoms with Crippen LogP contribution < -0.4 is 10.5 Å². The first kappa shape index (κ1) is 14.8. The van der Waals surface area contributed by atoms with Gasteiger partial charge in [0.2, 0.25) is 0 Å². The quantitative estimate of drug-likeness (QED) is 0.369. The Bertz CT molecular complexity index is 609. The van der Waals surface area contributed by atoms with Crippen LogP contribution in [-0.2, 0) is 6.42 Å². The normalized spacial score (nSPS) is 11.4. The molecular weight excluding hydrogens is 266 g/mol. The van der Waals surface area contributed by atoms with E-state index in [-0.39, 0.29) is 5.84 Å². The number of oxime groups is 1. The van der Waals surface area contributed by atoms with Crippen molar-refractivity contribution in [3.8, 4) is 11.5 Å². The minimum atomic E-state index is -0.00744. The lowest BCUT2D eigenvalue weighted by Gasteiger charge is -2.10. The molecule has 0 atom stereocenters. The number of nitrogens with zero attached hydrogens (tertiary/aromatic N) is 2. The van der Waals surface area contributed by atoms with E-state index in [2.05, 4.69) is 17.1 Å². The molecule has 0 aliphatic rings. The second-order valence-electron chi connectivity index (χ2n) is 4.71. The Morgan fingerprint density at radius 3 is 2.71 bits per heavy atom. The number of pyridine rings is 1. The fourth-order valence-corrected chi connectivity index (χ4v) is 1.96. The van der Waals surface area contributed by atoms with E-state index >= 15 is 0 Å². The number of ether oxygens (including phenoxy) is 1. The number of aromatic nitrogens is 1. The molecule has 5 nitrogen and oxygen atoms in total. The van der Waals surface area contributed by atoms with Crippen LogP contribution in [0.15, 0.2) is 47.9 Å². The molecule has 0 aliphatic heterocycles. The third-order valence-electron chi connectivity index (χ3n) is 3.14. The van der Waals surface area contributed by atoms with Gasteiger partial charge in [0.15, 0.2) is 11.6 Å². The second kappa shape index (κ2) is 7.28. The van der Waals surface area contributed by atoms with Gasteiger partial charge in [-0.05, 0) is 36.6 Å². The van der Waals surface area contributed by atoms with Gasteiger partial charge in [0.05, 0.1) is 11.8 Å². The highest BCUT2D eigenvalue weighted by Crippen LogP contribution is 2.24. The smallest absolute Gasteiger partial charge is 0.173 e. The molecule has 2 aromatic rings. The second-order valence-corrected chi connectivity index (χ2v) is 4.71. The topological polar surface area (TPSA) is 80.7 Å². The molecule has 0 amide bonds. The first-order valence-corrected chi connectivity index (χ1v) is 6.93. The van der Waals surface area contributed by atoms with Crippen molar-refractivity contribution in [2.45, 2.75) is 26.2 Å². The molecule has 5 heteroatoms.